The quantitative estimate of drug-likeness (QED) is 0.596. The van der Waals surface area contributed by atoms with E-state index in [-0.39, 0.29) is 24.0 Å². The summed E-state index contributed by atoms with van der Waals surface area (Å²) in [6.07, 6.45) is 1.13. The highest BCUT2D eigenvalue weighted by Gasteiger charge is 2.44. The van der Waals surface area contributed by atoms with E-state index in [1.165, 1.54) is 0 Å². The Labute approximate surface area is 178 Å². The number of anilines is 1. The number of aromatic nitrogens is 2. The number of benzene rings is 1. The summed E-state index contributed by atoms with van der Waals surface area (Å²) in [6.45, 7) is 2.12. The highest BCUT2D eigenvalue weighted by atomic mass is 16.2. The van der Waals surface area contributed by atoms with Gasteiger partial charge in [-0.05, 0) is 24.1 Å². The molecule has 1 fully saturated rings. The molecule has 1 saturated heterocycles. The van der Waals surface area contributed by atoms with Crippen LogP contribution in [0.3, 0.4) is 0 Å². The summed E-state index contributed by atoms with van der Waals surface area (Å²) in [5.74, 6) is -1.07. The minimum absolute atomic E-state index is 0.100. The van der Waals surface area contributed by atoms with Gasteiger partial charge < -0.3 is 10.6 Å². The van der Waals surface area contributed by atoms with E-state index in [2.05, 4.69) is 21.0 Å². The first-order valence-corrected chi connectivity index (χ1v) is 10.3. The Hall–Kier alpha value is -3.53. The van der Waals surface area contributed by atoms with E-state index in [0.717, 1.165) is 47.0 Å². The number of aryl methyl sites for hydroxylation is 1. The molecule has 0 bridgehead atoms. The highest BCUT2D eigenvalue weighted by molar-refractivity contribution is 6.23. The smallest absolute Gasteiger partial charge is 0.262 e. The zero-order valence-corrected chi connectivity index (χ0v) is 17.0. The van der Waals surface area contributed by atoms with Crippen molar-refractivity contribution < 1.29 is 19.2 Å². The first kappa shape index (κ1) is 19.4. The third kappa shape index (κ3) is 3.19. The molecular weight excluding hydrogens is 400 g/mol. The van der Waals surface area contributed by atoms with Crippen molar-refractivity contribution in [1.29, 1.82) is 0 Å². The van der Waals surface area contributed by atoms with Crippen molar-refractivity contribution >= 4 is 29.4 Å². The van der Waals surface area contributed by atoms with Crippen molar-refractivity contribution in [2.45, 2.75) is 38.4 Å². The van der Waals surface area contributed by atoms with Gasteiger partial charge in [0, 0.05) is 45.1 Å². The maximum absolute atomic E-state index is 13.0. The number of amides is 4. The molecule has 0 spiro atoms. The SMILES string of the molecule is Cn1nc2c(c1NCc1ccc3c(c1)C(=O)N(C1CCC(=O)NC1=O)C3=O)CNCC2. The molecule has 3 aliphatic heterocycles. The van der Waals surface area contributed by atoms with Crippen molar-refractivity contribution in [1.82, 2.24) is 25.3 Å². The number of hydrogen-bond acceptors (Lipinski definition) is 7. The summed E-state index contributed by atoms with van der Waals surface area (Å²) in [4.78, 5) is 50.3. The Morgan fingerprint density at radius 3 is 2.74 bits per heavy atom. The maximum Gasteiger partial charge on any atom is 0.262 e. The number of piperidine rings is 1. The van der Waals surface area contributed by atoms with Gasteiger partial charge in [-0.15, -0.1) is 0 Å². The summed E-state index contributed by atoms with van der Waals surface area (Å²) in [6, 6.07) is 4.15. The summed E-state index contributed by atoms with van der Waals surface area (Å²) >= 11 is 0. The van der Waals surface area contributed by atoms with Gasteiger partial charge in [-0.2, -0.15) is 5.10 Å². The van der Waals surface area contributed by atoms with Crippen LogP contribution in [-0.2, 0) is 36.1 Å². The number of nitrogens with zero attached hydrogens (tertiary/aromatic N) is 3. The lowest BCUT2D eigenvalue weighted by atomic mass is 10.0. The van der Waals surface area contributed by atoms with E-state index in [1.54, 1.807) is 18.2 Å². The Morgan fingerprint density at radius 2 is 1.94 bits per heavy atom. The molecule has 10 heteroatoms. The Balaban J connectivity index is 1.36. The summed E-state index contributed by atoms with van der Waals surface area (Å²) in [5, 5.41) is 13.5. The maximum atomic E-state index is 13.0. The second-order valence-corrected chi connectivity index (χ2v) is 8.00. The average molecular weight is 422 g/mol. The molecule has 1 unspecified atom stereocenters. The van der Waals surface area contributed by atoms with E-state index in [4.69, 9.17) is 0 Å². The molecule has 3 aliphatic rings. The number of hydrogen-bond donors (Lipinski definition) is 3. The van der Waals surface area contributed by atoms with Crippen LogP contribution in [0.4, 0.5) is 5.82 Å². The third-order valence-corrected chi connectivity index (χ3v) is 6.03. The van der Waals surface area contributed by atoms with Crippen LogP contribution in [-0.4, -0.2) is 50.9 Å². The summed E-state index contributed by atoms with van der Waals surface area (Å²) in [5.41, 5.74) is 3.62. The van der Waals surface area contributed by atoms with E-state index in [9.17, 15) is 19.2 Å². The van der Waals surface area contributed by atoms with Gasteiger partial charge in [0.2, 0.25) is 11.8 Å². The van der Waals surface area contributed by atoms with Crippen LogP contribution >= 0.6 is 0 Å². The molecule has 1 aromatic carbocycles. The molecule has 10 nitrogen and oxygen atoms in total. The lowest BCUT2D eigenvalue weighted by molar-refractivity contribution is -0.136. The first-order valence-electron chi connectivity index (χ1n) is 10.3. The monoisotopic (exact) mass is 422 g/mol. The fourth-order valence-corrected chi connectivity index (χ4v) is 4.47. The van der Waals surface area contributed by atoms with Gasteiger partial charge in [0.15, 0.2) is 0 Å². The van der Waals surface area contributed by atoms with Crippen molar-refractivity contribution in [3.8, 4) is 0 Å². The van der Waals surface area contributed by atoms with Crippen LogP contribution in [0.25, 0.3) is 0 Å². The zero-order valence-electron chi connectivity index (χ0n) is 17.0. The van der Waals surface area contributed by atoms with Gasteiger partial charge in [-0.1, -0.05) is 6.07 Å². The topological polar surface area (TPSA) is 125 Å². The molecular formula is C21H22N6O4. The lowest BCUT2D eigenvalue weighted by Crippen LogP contribution is -2.54. The molecule has 3 N–H and O–H groups in total. The highest BCUT2D eigenvalue weighted by Crippen LogP contribution is 2.29. The average Bonchev–Trinajstić information content (AvgIpc) is 3.20. The summed E-state index contributed by atoms with van der Waals surface area (Å²) < 4.78 is 1.82. The Morgan fingerprint density at radius 1 is 1.13 bits per heavy atom. The Bertz CT molecular complexity index is 1140. The fraction of sp³-hybridized carbons (Fsp3) is 0.381. The predicted octanol–water partition coefficient (Wildman–Crippen LogP) is 0.0791. The van der Waals surface area contributed by atoms with Gasteiger partial charge in [0.1, 0.15) is 11.9 Å². The van der Waals surface area contributed by atoms with Crippen molar-refractivity contribution in [2.24, 2.45) is 7.05 Å². The molecule has 4 amide bonds. The molecule has 4 heterocycles. The largest absolute Gasteiger partial charge is 0.366 e. The van der Waals surface area contributed by atoms with Crippen molar-refractivity contribution in [3.05, 3.63) is 46.1 Å². The molecule has 2 aromatic rings. The van der Waals surface area contributed by atoms with Gasteiger partial charge in [0.25, 0.3) is 11.8 Å². The molecule has 5 rings (SSSR count). The zero-order chi connectivity index (χ0) is 21.7. The molecule has 0 radical (unpaired) electrons. The van der Waals surface area contributed by atoms with Crippen LogP contribution in [0.5, 0.6) is 0 Å². The van der Waals surface area contributed by atoms with Crippen LogP contribution in [0.1, 0.15) is 50.4 Å². The lowest BCUT2D eigenvalue weighted by Gasteiger charge is -2.27. The van der Waals surface area contributed by atoms with E-state index in [1.807, 2.05) is 11.7 Å². The summed E-state index contributed by atoms with van der Waals surface area (Å²) in [7, 11) is 1.89. The van der Waals surface area contributed by atoms with E-state index < -0.39 is 29.7 Å². The number of rotatable bonds is 4. The minimum atomic E-state index is -0.958. The number of carbonyl (C=O) groups is 4. The standard InChI is InChI=1S/C21H22N6O4/c1-26-18(14-10-22-7-6-15(14)25-26)23-9-11-2-3-12-13(8-11)21(31)27(20(12)30)16-4-5-17(28)24-19(16)29/h2-3,8,16,22-23H,4-7,9-10H2,1H3,(H,24,28,29). The van der Waals surface area contributed by atoms with Gasteiger partial charge >= 0.3 is 0 Å². The van der Waals surface area contributed by atoms with Gasteiger partial charge in [-0.25, -0.2) is 0 Å². The second-order valence-electron chi connectivity index (χ2n) is 8.00. The van der Waals surface area contributed by atoms with Crippen LogP contribution in [0.2, 0.25) is 0 Å². The number of nitrogens with one attached hydrogen (secondary N) is 3. The van der Waals surface area contributed by atoms with Crippen molar-refractivity contribution in [2.75, 3.05) is 11.9 Å². The van der Waals surface area contributed by atoms with E-state index >= 15 is 0 Å². The van der Waals surface area contributed by atoms with Gasteiger partial charge in [0.05, 0.1) is 16.8 Å². The first-order chi connectivity index (χ1) is 14.9. The molecule has 0 aliphatic carbocycles. The molecule has 31 heavy (non-hydrogen) atoms. The van der Waals surface area contributed by atoms with Crippen LogP contribution < -0.4 is 16.0 Å². The molecule has 1 aromatic heterocycles. The number of imide groups is 2. The minimum Gasteiger partial charge on any atom is -0.366 e. The normalized spacial score (nSPS) is 20.5. The third-order valence-electron chi connectivity index (χ3n) is 6.03. The predicted molar refractivity (Wildman–Crippen MR) is 109 cm³/mol. The van der Waals surface area contributed by atoms with Crippen LogP contribution in [0, 0.1) is 0 Å². The number of fused-ring (bicyclic) bond motifs is 2. The molecule has 1 atom stereocenters. The fourth-order valence-electron chi connectivity index (χ4n) is 4.47. The van der Waals surface area contributed by atoms with E-state index in [0.29, 0.717) is 6.54 Å². The number of carbonyl (C=O) groups excluding carboxylic acids is 4. The second kappa shape index (κ2) is 7.31. The molecule has 160 valence electrons. The molecule has 0 saturated carbocycles. The van der Waals surface area contributed by atoms with Gasteiger partial charge in [-0.3, -0.25) is 34.1 Å². The van der Waals surface area contributed by atoms with Crippen LogP contribution in [0.15, 0.2) is 18.2 Å². The Kier molecular flexibility index (Phi) is 4.58. The van der Waals surface area contributed by atoms with Crippen molar-refractivity contribution in [3.63, 3.8) is 0 Å².